The Morgan fingerprint density at radius 1 is 0.591 bits per heavy atom. The molecule has 0 aromatic heterocycles. The molecule has 0 N–H and O–H groups in total. The first kappa shape index (κ1) is 61.7. The Labute approximate surface area is 432 Å². The topological polar surface area (TPSA) is 43.4 Å². The summed E-state index contributed by atoms with van der Waals surface area (Å²) in [7, 11) is 0. The number of halogens is 6. The standard InChI is InChI=1S/C28H42Cl3NO2Si.C23H38Cl3NO2Si.CH4/c1-22(2)27(26-13-9-7-10-14-26)32(28(4,5)6)34-23(3)25-17-15-24(16-18-25)21-33-19-11-8-12-20-35(29,30)31;1-19(29-27-22(2,3)14-9-15-23(27,4)5)21-12-10-20(11-13-21)18-28-16-7-6-8-17-30(24,25)26;/h7,9-10,13-18,22-23,27H,8,11-12,19-21H2,1-6H3;10-13,19H,6-9,14-18H2,1-5H3;1H4. The number of benzene rings is 3. The molecule has 1 saturated heterocycles. The van der Waals surface area contributed by atoms with Crippen molar-refractivity contribution in [2.75, 3.05) is 13.2 Å². The van der Waals surface area contributed by atoms with Crippen LogP contribution in [0.3, 0.4) is 0 Å². The largest absolute Gasteiger partial charge is 0.377 e. The van der Waals surface area contributed by atoms with Crippen LogP contribution in [0.15, 0.2) is 78.9 Å². The van der Waals surface area contributed by atoms with Gasteiger partial charge in [0.25, 0.3) is 0 Å². The van der Waals surface area contributed by atoms with Gasteiger partial charge in [-0.1, -0.05) is 126 Å². The molecule has 1 aliphatic heterocycles. The highest BCUT2D eigenvalue weighted by Gasteiger charge is 2.43. The summed E-state index contributed by atoms with van der Waals surface area (Å²) in [6, 6.07) is 24.4. The summed E-state index contributed by atoms with van der Waals surface area (Å²) >= 11 is 35.5. The van der Waals surface area contributed by atoms with Crippen LogP contribution < -0.4 is 0 Å². The lowest BCUT2D eigenvalue weighted by Crippen LogP contribution is -2.58. The molecule has 1 aliphatic rings. The van der Waals surface area contributed by atoms with Gasteiger partial charge < -0.3 is 9.47 Å². The Hall–Kier alpha value is -0.406. The molecule has 14 heteroatoms. The number of nitrogens with zero attached hydrogens (tertiary/aromatic N) is 2. The van der Waals surface area contributed by atoms with E-state index >= 15 is 0 Å². The van der Waals surface area contributed by atoms with Crippen molar-refractivity contribution in [1.82, 2.24) is 10.1 Å². The first-order chi connectivity index (χ1) is 30.3. The van der Waals surface area contributed by atoms with Crippen molar-refractivity contribution < 1.29 is 19.1 Å². The van der Waals surface area contributed by atoms with Crippen molar-refractivity contribution in [2.24, 2.45) is 5.92 Å². The number of hydrogen-bond donors (Lipinski definition) is 0. The van der Waals surface area contributed by atoms with Gasteiger partial charge in [0, 0.05) is 29.8 Å². The van der Waals surface area contributed by atoms with Crippen LogP contribution in [0.25, 0.3) is 0 Å². The molecule has 1 fully saturated rings. The van der Waals surface area contributed by atoms with Crippen molar-refractivity contribution in [1.29, 1.82) is 0 Å². The van der Waals surface area contributed by atoms with E-state index < -0.39 is 12.0 Å². The molecule has 6 nitrogen and oxygen atoms in total. The van der Waals surface area contributed by atoms with Gasteiger partial charge in [-0.25, -0.2) is 0 Å². The lowest BCUT2D eigenvalue weighted by atomic mass is 9.82. The predicted molar refractivity (Wildman–Crippen MR) is 291 cm³/mol. The number of ether oxygens (including phenoxy) is 2. The minimum absolute atomic E-state index is 0. The minimum atomic E-state index is -2.48. The maximum Gasteiger partial charge on any atom is 0.341 e. The second-order valence-corrected chi connectivity index (χ2v) is 38.9. The Kier molecular flexibility index (Phi) is 27.3. The molecule has 0 radical (unpaired) electrons. The van der Waals surface area contributed by atoms with Gasteiger partial charge in [0.2, 0.25) is 0 Å². The van der Waals surface area contributed by atoms with Crippen LogP contribution in [0.2, 0.25) is 12.1 Å². The Bertz CT molecular complexity index is 1740. The second kappa shape index (κ2) is 29.2. The first-order valence-electron chi connectivity index (χ1n) is 23.7. The molecule has 0 bridgehead atoms. The normalized spacial score (nSPS) is 16.9. The van der Waals surface area contributed by atoms with Crippen LogP contribution in [0.4, 0.5) is 0 Å². The molecule has 0 amide bonds. The molecule has 3 atom stereocenters. The zero-order valence-corrected chi connectivity index (χ0v) is 47.8. The molecule has 3 aromatic carbocycles. The molecule has 66 heavy (non-hydrogen) atoms. The maximum absolute atomic E-state index is 6.66. The molecule has 0 spiro atoms. The van der Waals surface area contributed by atoms with Gasteiger partial charge in [-0.2, -0.15) is 10.1 Å². The van der Waals surface area contributed by atoms with E-state index in [4.69, 9.17) is 85.6 Å². The molecule has 0 saturated carbocycles. The fourth-order valence-corrected chi connectivity index (χ4v) is 12.1. The summed E-state index contributed by atoms with van der Waals surface area (Å²) in [6.45, 7) is 27.2. The van der Waals surface area contributed by atoms with E-state index in [1.165, 1.54) is 23.1 Å². The van der Waals surface area contributed by atoms with Crippen molar-refractivity contribution in [3.8, 4) is 0 Å². The van der Waals surface area contributed by atoms with Gasteiger partial charge in [0.1, 0.15) is 12.2 Å². The highest BCUT2D eigenvalue weighted by Crippen LogP contribution is 2.41. The number of hydrogen-bond acceptors (Lipinski definition) is 6. The van der Waals surface area contributed by atoms with Crippen LogP contribution in [0, 0.1) is 5.92 Å². The number of rotatable bonds is 25. The Morgan fingerprint density at radius 3 is 1.41 bits per heavy atom. The molecule has 376 valence electrons. The van der Waals surface area contributed by atoms with Crippen molar-refractivity contribution in [3.63, 3.8) is 0 Å². The van der Waals surface area contributed by atoms with Gasteiger partial charge in [0.15, 0.2) is 0 Å². The van der Waals surface area contributed by atoms with Crippen LogP contribution >= 0.6 is 66.5 Å². The van der Waals surface area contributed by atoms with E-state index in [0.717, 1.165) is 87.8 Å². The minimum Gasteiger partial charge on any atom is -0.377 e. The molecule has 3 aromatic rings. The van der Waals surface area contributed by atoms with E-state index in [0.29, 0.717) is 19.1 Å². The fraction of sp³-hybridized carbons (Fsp3) is 0.654. The summed E-state index contributed by atoms with van der Waals surface area (Å²) in [5.41, 5.74) is 5.88. The van der Waals surface area contributed by atoms with E-state index in [2.05, 4.69) is 165 Å². The molecule has 0 aliphatic carbocycles. The van der Waals surface area contributed by atoms with E-state index in [1.807, 2.05) is 0 Å². The molecule has 3 unspecified atom stereocenters. The molecular formula is C52H84Cl6N2O4Si2. The van der Waals surface area contributed by atoms with Crippen molar-refractivity contribution in [2.45, 2.75) is 202 Å². The Morgan fingerprint density at radius 2 is 1.02 bits per heavy atom. The van der Waals surface area contributed by atoms with Gasteiger partial charge in [0.05, 0.1) is 19.3 Å². The first-order valence-corrected chi connectivity index (χ1v) is 34.2. The monoisotopic (exact) mass is 1070 g/mol. The van der Waals surface area contributed by atoms with Crippen molar-refractivity contribution in [3.05, 3.63) is 107 Å². The van der Waals surface area contributed by atoms with Crippen LogP contribution in [-0.4, -0.2) is 52.0 Å². The third-order valence-electron chi connectivity index (χ3n) is 11.8. The third-order valence-corrected chi connectivity index (χ3v) is 17.1. The van der Waals surface area contributed by atoms with E-state index in [9.17, 15) is 0 Å². The van der Waals surface area contributed by atoms with Crippen molar-refractivity contribution >= 4 is 78.5 Å². The SMILES string of the molecule is C.CC(ON(C(c1ccccc1)C(C)C)C(C)(C)C)c1ccc(COCCCCC[Si](Cl)(Cl)Cl)cc1.CC(ON1C(C)(C)CCCC1(C)C)c1ccc(COCCCCC[Si](Cl)(Cl)Cl)cc1. The maximum atomic E-state index is 6.66. The highest BCUT2D eigenvalue weighted by molar-refractivity contribution is 7.65. The summed E-state index contributed by atoms with van der Waals surface area (Å²) in [4.78, 5) is 13.1. The number of hydroxylamine groups is 4. The predicted octanol–water partition coefficient (Wildman–Crippen LogP) is 18.2. The zero-order chi connectivity index (χ0) is 48.5. The van der Waals surface area contributed by atoms with Crippen LogP contribution in [0.1, 0.15) is 187 Å². The lowest BCUT2D eigenvalue weighted by molar-refractivity contribution is -0.304. The molecule has 1 heterocycles. The van der Waals surface area contributed by atoms with E-state index in [1.54, 1.807) is 0 Å². The lowest BCUT2D eigenvalue weighted by Gasteiger charge is -2.52. The number of unbranched alkanes of at least 4 members (excludes halogenated alkanes) is 4. The fourth-order valence-electron chi connectivity index (χ4n) is 8.36. The summed E-state index contributed by atoms with van der Waals surface area (Å²) in [5, 5.41) is 4.41. The van der Waals surface area contributed by atoms with Gasteiger partial charge in [-0.05, 0) is 140 Å². The summed E-state index contributed by atoms with van der Waals surface area (Å²) in [6.07, 6.45) is 9.47. The van der Waals surface area contributed by atoms with Crippen LogP contribution in [0.5, 0.6) is 0 Å². The second-order valence-electron chi connectivity index (χ2n) is 20.3. The molecular weight excluding hydrogens is 985 g/mol. The summed E-state index contributed by atoms with van der Waals surface area (Å²) < 4.78 is 11.6. The smallest absolute Gasteiger partial charge is 0.341 e. The van der Waals surface area contributed by atoms with Gasteiger partial charge in [-0.15, -0.1) is 66.5 Å². The average Bonchev–Trinajstić information content (AvgIpc) is 3.21. The van der Waals surface area contributed by atoms with Gasteiger partial charge >= 0.3 is 12.0 Å². The zero-order valence-electron chi connectivity index (χ0n) is 41.2. The Balaban J connectivity index is 0.000000452. The number of piperidine rings is 1. The van der Waals surface area contributed by atoms with E-state index in [-0.39, 0.29) is 42.3 Å². The van der Waals surface area contributed by atoms with Crippen LogP contribution in [-0.2, 0) is 32.4 Å². The highest BCUT2D eigenvalue weighted by atomic mass is 35.8. The van der Waals surface area contributed by atoms with Gasteiger partial charge in [-0.3, -0.25) is 9.68 Å². The quantitative estimate of drug-likeness (QED) is 0.0365. The summed E-state index contributed by atoms with van der Waals surface area (Å²) in [5.74, 6) is 0.396. The molecule has 4 rings (SSSR count). The average molecular weight is 1070 g/mol. The third kappa shape index (κ3) is 23.2.